The normalized spacial score (nSPS) is 9.70. The van der Waals surface area contributed by atoms with Crippen molar-refractivity contribution in [3.8, 4) is 0 Å². The summed E-state index contributed by atoms with van der Waals surface area (Å²) in [6, 6.07) is 1.40. The van der Waals surface area contributed by atoms with Gasteiger partial charge in [-0.1, -0.05) is 12.2 Å². The molecule has 1 rings (SSSR count). The first-order valence-electron chi connectivity index (χ1n) is 2.60. The van der Waals surface area contributed by atoms with Crippen molar-refractivity contribution in [2.75, 3.05) is 0 Å². The van der Waals surface area contributed by atoms with E-state index in [9.17, 15) is 4.79 Å². The number of nitrogens with one attached hydrogen (secondary N) is 1. The quantitative estimate of drug-likeness (QED) is 0.594. The van der Waals surface area contributed by atoms with Gasteiger partial charge in [0.1, 0.15) is 10.3 Å². The van der Waals surface area contributed by atoms with Crippen molar-refractivity contribution in [1.29, 1.82) is 0 Å². The van der Waals surface area contributed by atoms with Gasteiger partial charge in [-0.15, -0.1) is 0 Å². The molecule has 0 fully saturated rings. The second kappa shape index (κ2) is 2.26. The van der Waals surface area contributed by atoms with Gasteiger partial charge in [-0.25, -0.2) is 4.79 Å². The second-order valence-electron chi connectivity index (χ2n) is 1.87. The van der Waals surface area contributed by atoms with Crippen LogP contribution in [0.5, 0.6) is 0 Å². The third kappa shape index (κ3) is 1.08. The minimum absolute atomic E-state index is 0.171. The van der Waals surface area contributed by atoms with E-state index in [1.807, 2.05) is 0 Å². The number of aromatic carboxylic acids is 1. The van der Waals surface area contributed by atoms with Gasteiger partial charge in [-0.05, 0) is 0 Å². The van der Waals surface area contributed by atoms with E-state index >= 15 is 0 Å². The molecule has 0 saturated carbocycles. The number of H-pyrrole nitrogens is 1. The highest BCUT2D eigenvalue weighted by Crippen LogP contribution is 1.96. The van der Waals surface area contributed by atoms with Gasteiger partial charge in [-0.2, -0.15) is 0 Å². The molecule has 10 heavy (non-hydrogen) atoms. The van der Waals surface area contributed by atoms with Crippen LogP contribution in [-0.4, -0.2) is 20.9 Å². The summed E-state index contributed by atoms with van der Waals surface area (Å²) in [5, 5.41) is 11.1. The topological polar surface area (TPSA) is 58.0 Å². The van der Waals surface area contributed by atoms with Gasteiger partial charge in [0.2, 0.25) is 0 Å². The molecule has 1 aromatic rings. The predicted molar refractivity (Wildman–Crippen MR) is 37.6 cm³/mol. The van der Waals surface area contributed by atoms with Gasteiger partial charge >= 0.3 is 5.97 Å². The first-order valence-corrected chi connectivity index (χ1v) is 3.01. The molecule has 1 aromatic heterocycles. The van der Waals surface area contributed by atoms with Crippen molar-refractivity contribution < 1.29 is 9.90 Å². The van der Waals surface area contributed by atoms with Crippen LogP contribution in [-0.2, 0) is 7.05 Å². The summed E-state index contributed by atoms with van der Waals surface area (Å²) in [7, 11) is 1.60. The smallest absolute Gasteiger partial charge is 0.354 e. The molecular formula is C5H6N2O2S. The first kappa shape index (κ1) is 7.01. The van der Waals surface area contributed by atoms with E-state index in [4.69, 9.17) is 17.3 Å². The fraction of sp³-hybridized carbons (Fsp3) is 0.200. The van der Waals surface area contributed by atoms with Crippen LogP contribution in [0.4, 0.5) is 0 Å². The lowest BCUT2D eigenvalue weighted by atomic mass is 10.4. The summed E-state index contributed by atoms with van der Waals surface area (Å²) in [5.41, 5.74) is 0.171. The molecule has 0 aliphatic rings. The number of rotatable bonds is 1. The first-order chi connectivity index (χ1) is 4.61. The summed E-state index contributed by atoms with van der Waals surface area (Å²) >= 11 is 4.70. The van der Waals surface area contributed by atoms with Crippen molar-refractivity contribution in [1.82, 2.24) is 9.78 Å². The van der Waals surface area contributed by atoms with Gasteiger partial charge < -0.3 is 5.11 Å². The Morgan fingerprint density at radius 1 is 1.90 bits per heavy atom. The zero-order valence-corrected chi connectivity index (χ0v) is 6.10. The SMILES string of the molecule is Cn1[nH]c(=S)cc1C(=O)O. The lowest BCUT2D eigenvalue weighted by Crippen LogP contribution is -2.04. The lowest BCUT2D eigenvalue weighted by molar-refractivity contribution is 0.0685. The average molecular weight is 158 g/mol. The number of aromatic amines is 1. The number of carboxylic acid groups (broad SMARTS) is 1. The third-order valence-electron chi connectivity index (χ3n) is 1.13. The van der Waals surface area contributed by atoms with Crippen molar-refractivity contribution >= 4 is 18.2 Å². The van der Waals surface area contributed by atoms with Gasteiger partial charge in [0.15, 0.2) is 0 Å². The maximum absolute atomic E-state index is 10.3. The number of nitrogens with zero attached hydrogens (tertiary/aromatic N) is 1. The molecule has 0 unspecified atom stereocenters. The Hall–Kier alpha value is -1.10. The molecule has 0 aromatic carbocycles. The molecule has 0 bridgehead atoms. The van der Waals surface area contributed by atoms with Crippen LogP contribution in [0, 0.1) is 4.64 Å². The zero-order valence-electron chi connectivity index (χ0n) is 5.29. The molecule has 54 valence electrons. The third-order valence-corrected chi connectivity index (χ3v) is 1.34. The Labute approximate surface area is 62.1 Å². The van der Waals surface area contributed by atoms with E-state index in [2.05, 4.69) is 5.10 Å². The molecule has 4 nitrogen and oxygen atoms in total. The van der Waals surface area contributed by atoms with Crippen molar-refractivity contribution in [2.24, 2.45) is 7.05 Å². The van der Waals surface area contributed by atoms with Gasteiger partial charge in [0.05, 0.1) is 0 Å². The molecule has 0 aliphatic carbocycles. The zero-order chi connectivity index (χ0) is 7.72. The molecule has 1 heterocycles. The van der Waals surface area contributed by atoms with Crippen LogP contribution >= 0.6 is 12.2 Å². The number of hydrogen-bond donors (Lipinski definition) is 2. The van der Waals surface area contributed by atoms with Gasteiger partial charge in [0, 0.05) is 13.1 Å². The molecular weight excluding hydrogens is 152 g/mol. The maximum atomic E-state index is 10.3. The summed E-state index contributed by atoms with van der Waals surface area (Å²) in [6.45, 7) is 0. The van der Waals surface area contributed by atoms with Crippen molar-refractivity contribution in [3.63, 3.8) is 0 Å². The minimum atomic E-state index is -0.977. The van der Waals surface area contributed by atoms with Gasteiger partial charge in [0.25, 0.3) is 0 Å². The molecule has 0 aliphatic heterocycles. The number of carboxylic acids is 1. The van der Waals surface area contributed by atoms with Crippen LogP contribution < -0.4 is 0 Å². The van der Waals surface area contributed by atoms with Gasteiger partial charge in [-0.3, -0.25) is 9.78 Å². The van der Waals surface area contributed by atoms with Crippen molar-refractivity contribution in [2.45, 2.75) is 0 Å². The monoisotopic (exact) mass is 158 g/mol. The molecule has 0 spiro atoms. The van der Waals surface area contributed by atoms with Crippen LogP contribution in [0.15, 0.2) is 6.07 Å². The Morgan fingerprint density at radius 3 is 2.70 bits per heavy atom. The molecule has 2 N–H and O–H groups in total. The summed E-state index contributed by atoms with van der Waals surface area (Å²) in [6.07, 6.45) is 0. The average Bonchev–Trinajstić information content (AvgIpc) is 2.10. The fourth-order valence-corrected chi connectivity index (χ4v) is 0.933. The second-order valence-corrected chi connectivity index (χ2v) is 2.31. The highest BCUT2D eigenvalue weighted by Gasteiger charge is 2.05. The van der Waals surface area contributed by atoms with Crippen LogP contribution in [0.1, 0.15) is 10.5 Å². The fourth-order valence-electron chi connectivity index (χ4n) is 0.684. The number of hydrogen-bond acceptors (Lipinski definition) is 2. The Morgan fingerprint density at radius 2 is 2.50 bits per heavy atom. The molecule has 0 amide bonds. The van der Waals surface area contributed by atoms with E-state index in [-0.39, 0.29) is 5.69 Å². The molecule has 0 atom stereocenters. The lowest BCUT2D eigenvalue weighted by Gasteiger charge is -1.92. The Kier molecular flexibility index (Phi) is 1.58. The number of aromatic nitrogens is 2. The van der Waals surface area contributed by atoms with Crippen LogP contribution in [0.2, 0.25) is 0 Å². The summed E-state index contributed by atoms with van der Waals surface area (Å²) in [5.74, 6) is -0.977. The van der Waals surface area contributed by atoms with Crippen LogP contribution in [0.25, 0.3) is 0 Å². The number of carbonyl (C=O) groups is 1. The molecule has 0 radical (unpaired) electrons. The molecule has 0 saturated heterocycles. The van der Waals surface area contributed by atoms with E-state index in [0.717, 1.165) is 0 Å². The van der Waals surface area contributed by atoms with E-state index in [1.165, 1.54) is 10.7 Å². The largest absolute Gasteiger partial charge is 0.477 e. The number of aryl methyl sites for hydroxylation is 1. The standard InChI is InChI=1S/C5H6N2O2S/c1-7-3(5(8)9)2-4(10)6-7/h2H,1H3,(H,6,10)(H,8,9). The van der Waals surface area contributed by atoms with Crippen LogP contribution in [0.3, 0.4) is 0 Å². The van der Waals surface area contributed by atoms with E-state index in [0.29, 0.717) is 4.64 Å². The van der Waals surface area contributed by atoms with E-state index in [1.54, 1.807) is 7.05 Å². The maximum Gasteiger partial charge on any atom is 0.354 e. The minimum Gasteiger partial charge on any atom is -0.477 e. The van der Waals surface area contributed by atoms with E-state index < -0.39 is 5.97 Å². The highest BCUT2D eigenvalue weighted by atomic mass is 32.1. The van der Waals surface area contributed by atoms with Crippen molar-refractivity contribution in [3.05, 3.63) is 16.4 Å². The highest BCUT2D eigenvalue weighted by molar-refractivity contribution is 7.71. The Bertz CT molecular complexity index is 312. The summed E-state index contributed by atoms with van der Waals surface area (Å²) in [4.78, 5) is 10.3. The summed E-state index contributed by atoms with van der Waals surface area (Å²) < 4.78 is 1.80. The predicted octanol–water partition coefficient (Wildman–Crippen LogP) is 0.781. The Balaban J connectivity index is 3.28. The molecule has 5 heteroatoms.